The van der Waals surface area contributed by atoms with Crippen molar-refractivity contribution in [2.45, 2.75) is 19.9 Å². The Bertz CT molecular complexity index is 559. The molecular weight excluding hydrogens is 255 g/mol. The molecular formula is C15H19FN4. The number of benzene rings is 1. The summed E-state index contributed by atoms with van der Waals surface area (Å²) in [5.74, 6) is 1.17. The Morgan fingerprint density at radius 1 is 1.25 bits per heavy atom. The molecule has 0 fully saturated rings. The summed E-state index contributed by atoms with van der Waals surface area (Å²) in [6.07, 6.45) is 2.72. The highest BCUT2D eigenvalue weighted by Gasteiger charge is 2.08. The van der Waals surface area contributed by atoms with Gasteiger partial charge in [0.15, 0.2) is 0 Å². The van der Waals surface area contributed by atoms with Crippen molar-refractivity contribution in [3.63, 3.8) is 0 Å². The second-order valence-electron chi connectivity index (χ2n) is 4.61. The summed E-state index contributed by atoms with van der Waals surface area (Å²) < 4.78 is 13.6. The van der Waals surface area contributed by atoms with Gasteiger partial charge in [0.05, 0.1) is 0 Å². The van der Waals surface area contributed by atoms with Gasteiger partial charge in [-0.2, -0.15) is 4.98 Å². The summed E-state index contributed by atoms with van der Waals surface area (Å²) >= 11 is 0. The van der Waals surface area contributed by atoms with Gasteiger partial charge in [-0.25, -0.2) is 9.37 Å². The van der Waals surface area contributed by atoms with E-state index in [9.17, 15) is 4.39 Å². The third kappa shape index (κ3) is 3.66. The molecule has 4 nitrogen and oxygen atoms in total. The highest BCUT2D eigenvalue weighted by Crippen LogP contribution is 2.15. The lowest BCUT2D eigenvalue weighted by Crippen LogP contribution is -2.19. The van der Waals surface area contributed by atoms with Crippen LogP contribution in [0.1, 0.15) is 18.9 Å². The van der Waals surface area contributed by atoms with Gasteiger partial charge < -0.3 is 10.2 Å². The van der Waals surface area contributed by atoms with Gasteiger partial charge in [0.25, 0.3) is 0 Å². The SMILES string of the molecule is CCCNc1nccc(N(C)Cc2ccccc2F)n1. The number of halogens is 1. The maximum absolute atomic E-state index is 13.6. The number of rotatable bonds is 6. The topological polar surface area (TPSA) is 41.1 Å². The first-order chi connectivity index (χ1) is 9.70. The maximum Gasteiger partial charge on any atom is 0.224 e. The third-order valence-corrected chi connectivity index (χ3v) is 2.93. The van der Waals surface area contributed by atoms with Crippen LogP contribution in [0.4, 0.5) is 16.2 Å². The van der Waals surface area contributed by atoms with E-state index < -0.39 is 0 Å². The Morgan fingerprint density at radius 2 is 2.05 bits per heavy atom. The molecule has 0 radical (unpaired) electrons. The molecule has 0 saturated carbocycles. The predicted molar refractivity (Wildman–Crippen MR) is 79.3 cm³/mol. The number of anilines is 2. The van der Waals surface area contributed by atoms with Crippen molar-refractivity contribution in [3.8, 4) is 0 Å². The van der Waals surface area contributed by atoms with E-state index in [1.54, 1.807) is 18.3 Å². The molecule has 1 heterocycles. The van der Waals surface area contributed by atoms with Gasteiger partial charge in [-0.05, 0) is 18.6 Å². The first-order valence-electron chi connectivity index (χ1n) is 6.72. The van der Waals surface area contributed by atoms with E-state index in [2.05, 4.69) is 22.2 Å². The van der Waals surface area contributed by atoms with Crippen LogP contribution in [0, 0.1) is 5.82 Å². The first-order valence-corrected chi connectivity index (χ1v) is 6.72. The van der Waals surface area contributed by atoms with E-state index in [0.29, 0.717) is 18.1 Å². The average molecular weight is 274 g/mol. The van der Waals surface area contributed by atoms with E-state index >= 15 is 0 Å². The Kier molecular flexibility index (Phi) is 4.87. The lowest BCUT2D eigenvalue weighted by Gasteiger charge is -2.19. The van der Waals surface area contributed by atoms with Crippen molar-refractivity contribution in [2.24, 2.45) is 0 Å². The molecule has 2 rings (SSSR count). The van der Waals surface area contributed by atoms with Crippen molar-refractivity contribution in [1.82, 2.24) is 9.97 Å². The van der Waals surface area contributed by atoms with Gasteiger partial charge in [-0.1, -0.05) is 25.1 Å². The van der Waals surface area contributed by atoms with Crippen LogP contribution in [-0.4, -0.2) is 23.6 Å². The van der Waals surface area contributed by atoms with Crippen LogP contribution < -0.4 is 10.2 Å². The Hall–Kier alpha value is -2.17. The number of nitrogens with zero attached hydrogens (tertiary/aromatic N) is 3. The van der Waals surface area contributed by atoms with Crippen LogP contribution in [0.3, 0.4) is 0 Å². The number of aromatic nitrogens is 2. The second kappa shape index (κ2) is 6.84. The molecule has 106 valence electrons. The summed E-state index contributed by atoms with van der Waals surface area (Å²) in [6.45, 7) is 3.39. The lowest BCUT2D eigenvalue weighted by molar-refractivity contribution is 0.607. The molecule has 5 heteroatoms. The molecule has 0 saturated heterocycles. The largest absolute Gasteiger partial charge is 0.355 e. The average Bonchev–Trinajstić information content (AvgIpc) is 2.48. The predicted octanol–water partition coefficient (Wildman–Crippen LogP) is 3.07. The Morgan fingerprint density at radius 3 is 2.80 bits per heavy atom. The second-order valence-corrected chi connectivity index (χ2v) is 4.61. The quantitative estimate of drug-likeness (QED) is 0.879. The Balaban J connectivity index is 2.09. The van der Waals surface area contributed by atoms with Crippen molar-refractivity contribution >= 4 is 11.8 Å². The third-order valence-electron chi connectivity index (χ3n) is 2.93. The van der Waals surface area contributed by atoms with Crippen LogP contribution in [0.2, 0.25) is 0 Å². The Labute approximate surface area is 118 Å². The zero-order valence-corrected chi connectivity index (χ0v) is 11.8. The van der Waals surface area contributed by atoms with E-state index in [4.69, 9.17) is 0 Å². The normalized spacial score (nSPS) is 10.3. The minimum Gasteiger partial charge on any atom is -0.355 e. The molecule has 0 atom stereocenters. The van der Waals surface area contributed by atoms with Crippen LogP contribution in [-0.2, 0) is 6.54 Å². The molecule has 1 N–H and O–H groups in total. The number of hydrogen-bond acceptors (Lipinski definition) is 4. The summed E-state index contributed by atoms with van der Waals surface area (Å²) in [6, 6.07) is 8.59. The maximum atomic E-state index is 13.6. The van der Waals surface area contributed by atoms with E-state index in [1.807, 2.05) is 24.1 Å². The molecule has 1 aromatic carbocycles. The summed E-state index contributed by atoms with van der Waals surface area (Å²) in [5, 5.41) is 3.14. The molecule has 0 spiro atoms. The van der Waals surface area contributed by atoms with E-state index in [-0.39, 0.29) is 5.82 Å². The summed E-state index contributed by atoms with van der Waals surface area (Å²) in [4.78, 5) is 10.5. The van der Waals surface area contributed by atoms with Crippen molar-refractivity contribution < 1.29 is 4.39 Å². The molecule has 0 aliphatic carbocycles. The minimum absolute atomic E-state index is 0.197. The van der Waals surface area contributed by atoms with Crippen LogP contribution in [0.5, 0.6) is 0 Å². The van der Waals surface area contributed by atoms with Crippen molar-refractivity contribution in [3.05, 3.63) is 47.9 Å². The highest BCUT2D eigenvalue weighted by atomic mass is 19.1. The van der Waals surface area contributed by atoms with Gasteiger partial charge in [0.1, 0.15) is 11.6 Å². The monoisotopic (exact) mass is 274 g/mol. The van der Waals surface area contributed by atoms with Crippen LogP contribution >= 0.6 is 0 Å². The molecule has 0 bridgehead atoms. The van der Waals surface area contributed by atoms with E-state index in [0.717, 1.165) is 18.8 Å². The minimum atomic E-state index is -0.197. The van der Waals surface area contributed by atoms with Gasteiger partial charge in [-0.15, -0.1) is 0 Å². The molecule has 20 heavy (non-hydrogen) atoms. The van der Waals surface area contributed by atoms with Gasteiger partial charge in [-0.3, -0.25) is 0 Å². The van der Waals surface area contributed by atoms with Crippen LogP contribution in [0.15, 0.2) is 36.5 Å². The standard InChI is InChI=1S/C15H19FN4/c1-3-9-17-15-18-10-8-14(19-15)20(2)11-12-6-4-5-7-13(12)16/h4-8,10H,3,9,11H2,1-2H3,(H,17,18,19). The fraction of sp³-hybridized carbons (Fsp3) is 0.333. The fourth-order valence-electron chi connectivity index (χ4n) is 1.85. The zero-order valence-electron chi connectivity index (χ0n) is 11.8. The highest BCUT2D eigenvalue weighted by molar-refractivity contribution is 5.42. The first kappa shape index (κ1) is 14.2. The zero-order chi connectivity index (χ0) is 14.4. The van der Waals surface area contributed by atoms with Crippen LogP contribution in [0.25, 0.3) is 0 Å². The van der Waals surface area contributed by atoms with Gasteiger partial charge in [0, 0.05) is 31.9 Å². The fourth-order valence-corrected chi connectivity index (χ4v) is 1.85. The lowest BCUT2D eigenvalue weighted by atomic mass is 10.2. The molecule has 1 aromatic heterocycles. The smallest absolute Gasteiger partial charge is 0.224 e. The van der Waals surface area contributed by atoms with E-state index in [1.165, 1.54) is 6.07 Å². The molecule has 0 aliphatic rings. The molecule has 0 amide bonds. The molecule has 0 aliphatic heterocycles. The molecule has 2 aromatic rings. The summed E-state index contributed by atoms with van der Waals surface area (Å²) in [5.41, 5.74) is 0.650. The summed E-state index contributed by atoms with van der Waals surface area (Å²) in [7, 11) is 1.89. The number of hydrogen-bond donors (Lipinski definition) is 1. The number of nitrogens with one attached hydrogen (secondary N) is 1. The van der Waals surface area contributed by atoms with Gasteiger partial charge in [0.2, 0.25) is 5.95 Å². The van der Waals surface area contributed by atoms with Gasteiger partial charge >= 0.3 is 0 Å². The van der Waals surface area contributed by atoms with Crippen molar-refractivity contribution in [1.29, 1.82) is 0 Å². The molecule has 0 unspecified atom stereocenters. The van der Waals surface area contributed by atoms with Crippen molar-refractivity contribution in [2.75, 3.05) is 23.8 Å².